The fourth-order valence-corrected chi connectivity index (χ4v) is 2.88. The monoisotopic (exact) mass is 315 g/mol. The van der Waals surface area contributed by atoms with E-state index in [1.165, 1.54) is 17.4 Å². The van der Waals surface area contributed by atoms with Crippen LogP contribution >= 0.6 is 11.3 Å². The maximum absolute atomic E-state index is 13.4. The Bertz CT molecular complexity index is 964. The van der Waals surface area contributed by atoms with E-state index in [-0.39, 0.29) is 0 Å². The molecule has 3 aromatic heterocycles. The first-order chi connectivity index (χ1) is 10.7. The number of hydrogen-bond donors (Lipinski definition) is 0. The molecular weight excluding hydrogens is 308 g/mol. The van der Waals surface area contributed by atoms with Crippen LogP contribution in [0.2, 0.25) is 0 Å². The lowest BCUT2D eigenvalue weighted by Gasteiger charge is -1.97. The lowest BCUT2D eigenvalue weighted by molar-refractivity contribution is 0.509. The Kier molecular flexibility index (Phi) is 2.90. The van der Waals surface area contributed by atoms with Gasteiger partial charge in [0.2, 0.25) is 4.96 Å². The normalized spacial score (nSPS) is 11.2. The van der Waals surface area contributed by atoms with E-state index in [1.807, 2.05) is 0 Å². The third-order valence-electron chi connectivity index (χ3n) is 3.10. The molecule has 0 spiro atoms. The SMILES string of the molecule is Fc1ccc(-c2nn3c(-c4ccncc4)nnc3s2)cc1F. The number of pyridine rings is 1. The molecule has 0 aliphatic heterocycles. The molecule has 22 heavy (non-hydrogen) atoms. The summed E-state index contributed by atoms with van der Waals surface area (Å²) in [6, 6.07) is 7.28. The van der Waals surface area contributed by atoms with Crippen LogP contribution in [-0.4, -0.2) is 24.8 Å². The Morgan fingerprint density at radius 3 is 2.50 bits per heavy atom. The van der Waals surface area contributed by atoms with E-state index in [4.69, 9.17) is 0 Å². The number of rotatable bonds is 2. The van der Waals surface area contributed by atoms with Gasteiger partial charge in [0.1, 0.15) is 5.01 Å². The molecule has 0 amide bonds. The Balaban J connectivity index is 1.85. The minimum absolute atomic E-state index is 0.495. The smallest absolute Gasteiger partial charge is 0.235 e. The molecule has 0 fully saturated rings. The summed E-state index contributed by atoms with van der Waals surface area (Å²) in [4.78, 5) is 4.53. The van der Waals surface area contributed by atoms with Crippen molar-refractivity contribution in [3.63, 3.8) is 0 Å². The highest BCUT2D eigenvalue weighted by Crippen LogP contribution is 2.28. The molecule has 4 rings (SSSR count). The summed E-state index contributed by atoms with van der Waals surface area (Å²) in [5, 5.41) is 13.1. The molecule has 0 aliphatic carbocycles. The van der Waals surface area contributed by atoms with Crippen LogP contribution in [0, 0.1) is 11.6 Å². The second kappa shape index (κ2) is 4.92. The van der Waals surface area contributed by atoms with Crippen LogP contribution in [0.25, 0.3) is 26.9 Å². The quantitative estimate of drug-likeness (QED) is 0.570. The van der Waals surface area contributed by atoms with E-state index in [0.717, 1.165) is 17.7 Å². The van der Waals surface area contributed by atoms with E-state index in [1.54, 1.807) is 29.0 Å². The second-order valence-electron chi connectivity index (χ2n) is 4.49. The predicted molar refractivity (Wildman–Crippen MR) is 77.2 cm³/mol. The van der Waals surface area contributed by atoms with Crippen molar-refractivity contribution in [2.45, 2.75) is 0 Å². The Labute approximate surface area is 126 Å². The van der Waals surface area contributed by atoms with Gasteiger partial charge in [-0.2, -0.15) is 9.61 Å². The van der Waals surface area contributed by atoms with Gasteiger partial charge in [0.05, 0.1) is 0 Å². The van der Waals surface area contributed by atoms with Crippen LogP contribution in [0.4, 0.5) is 8.78 Å². The average Bonchev–Trinajstić information content (AvgIpc) is 3.11. The molecule has 4 aromatic rings. The lowest BCUT2D eigenvalue weighted by Crippen LogP contribution is -1.91. The Hall–Kier alpha value is -2.74. The van der Waals surface area contributed by atoms with Gasteiger partial charge in [-0.05, 0) is 30.3 Å². The van der Waals surface area contributed by atoms with Crippen LogP contribution in [0.3, 0.4) is 0 Å². The molecule has 0 bridgehead atoms. The van der Waals surface area contributed by atoms with Gasteiger partial charge in [-0.15, -0.1) is 10.2 Å². The lowest BCUT2D eigenvalue weighted by atomic mass is 10.2. The minimum Gasteiger partial charge on any atom is -0.265 e. The van der Waals surface area contributed by atoms with E-state index in [0.29, 0.717) is 21.4 Å². The highest BCUT2D eigenvalue weighted by molar-refractivity contribution is 7.19. The van der Waals surface area contributed by atoms with E-state index in [9.17, 15) is 8.78 Å². The highest BCUT2D eigenvalue weighted by atomic mass is 32.1. The van der Waals surface area contributed by atoms with Crippen molar-refractivity contribution in [3.8, 4) is 22.0 Å². The zero-order valence-corrected chi connectivity index (χ0v) is 11.8. The minimum atomic E-state index is -0.905. The summed E-state index contributed by atoms with van der Waals surface area (Å²) in [5.74, 6) is -1.22. The largest absolute Gasteiger partial charge is 0.265 e. The number of benzene rings is 1. The fourth-order valence-electron chi connectivity index (χ4n) is 2.04. The maximum atomic E-state index is 13.4. The van der Waals surface area contributed by atoms with Gasteiger partial charge < -0.3 is 0 Å². The molecule has 0 saturated carbocycles. The van der Waals surface area contributed by atoms with Gasteiger partial charge in [-0.3, -0.25) is 4.98 Å². The first-order valence-electron chi connectivity index (χ1n) is 6.30. The predicted octanol–water partition coefficient (Wildman–Crippen LogP) is 3.19. The van der Waals surface area contributed by atoms with Gasteiger partial charge in [0.25, 0.3) is 0 Å². The molecule has 3 heterocycles. The summed E-state index contributed by atoms with van der Waals surface area (Å²) in [6.45, 7) is 0. The van der Waals surface area contributed by atoms with Crippen molar-refractivity contribution in [2.24, 2.45) is 0 Å². The third-order valence-corrected chi connectivity index (χ3v) is 4.04. The van der Waals surface area contributed by atoms with Crippen molar-refractivity contribution >= 4 is 16.3 Å². The zero-order valence-electron chi connectivity index (χ0n) is 10.9. The molecule has 0 atom stereocenters. The molecule has 0 aliphatic rings. The average molecular weight is 315 g/mol. The van der Waals surface area contributed by atoms with Crippen molar-refractivity contribution < 1.29 is 8.78 Å². The van der Waals surface area contributed by atoms with E-state index in [2.05, 4.69) is 20.3 Å². The summed E-state index contributed by atoms with van der Waals surface area (Å²) >= 11 is 1.25. The summed E-state index contributed by atoms with van der Waals surface area (Å²) in [7, 11) is 0. The molecular formula is C14H7F2N5S. The molecule has 8 heteroatoms. The third kappa shape index (κ3) is 2.04. The van der Waals surface area contributed by atoms with E-state index < -0.39 is 11.6 Å². The van der Waals surface area contributed by atoms with Gasteiger partial charge >= 0.3 is 0 Å². The fraction of sp³-hybridized carbons (Fsp3) is 0. The molecule has 108 valence electrons. The van der Waals surface area contributed by atoms with Crippen LogP contribution in [0.5, 0.6) is 0 Å². The summed E-state index contributed by atoms with van der Waals surface area (Å²) in [6.07, 6.45) is 3.30. The van der Waals surface area contributed by atoms with Crippen LogP contribution in [0.15, 0.2) is 42.7 Å². The molecule has 0 saturated heterocycles. The van der Waals surface area contributed by atoms with Crippen LogP contribution < -0.4 is 0 Å². The molecule has 0 unspecified atom stereocenters. The van der Waals surface area contributed by atoms with E-state index >= 15 is 0 Å². The van der Waals surface area contributed by atoms with Crippen LogP contribution in [0.1, 0.15) is 0 Å². The van der Waals surface area contributed by atoms with Gasteiger partial charge in [-0.1, -0.05) is 11.3 Å². The summed E-state index contributed by atoms with van der Waals surface area (Å²) in [5.41, 5.74) is 1.32. The molecule has 5 nitrogen and oxygen atoms in total. The van der Waals surface area contributed by atoms with Gasteiger partial charge in [0, 0.05) is 23.5 Å². The van der Waals surface area contributed by atoms with Crippen LogP contribution in [-0.2, 0) is 0 Å². The first-order valence-corrected chi connectivity index (χ1v) is 7.12. The number of halogens is 2. The Morgan fingerprint density at radius 2 is 1.73 bits per heavy atom. The van der Waals surface area contributed by atoms with Crippen molar-refractivity contribution in [2.75, 3.05) is 0 Å². The van der Waals surface area contributed by atoms with Crippen molar-refractivity contribution in [3.05, 3.63) is 54.4 Å². The molecule has 0 N–H and O–H groups in total. The first kappa shape index (κ1) is 13.0. The standard InChI is InChI=1S/C14H7F2N5S/c15-10-2-1-9(7-11(10)16)13-20-21-12(18-19-14(21)22-13)8-3-5-17-6-4-8/h1-7H. The number of fused-ring (bicyclic) bond motifs is 1. The maximum Gasteiger partial charge on any atom is 0.235 e. The number of hydrogen-bond acceptors (Lipinski definition) is 5. The Morgan fingerprint density at radius 1 is 0.909 bits per heavy atom. The highest BCUT2D eigenvalue weighted by Gasteiger charge is 2.15. The molecule has 1 aromatic carbocycles. The van der Waals surface area contributed by atoms with Crippen molar-refractivity contribution in [1.82, 2.24) is 24.8 Å². The number of aromatic nitrogens is 5. The van der Waals surface area contributed by atoms with Gasteiger partial charge in [-0.25, -0.2) is 8.78 Å². The van der Waals surface area contributed by atoms with Gasteiger partial charge in [0.15, 0.2) is 17.5 Å². The van der Waals surface area contributed by atoms with Crippen molar-refractivity contribution in [1.29, 1.82) is 0 Å². The second-order valence-corrected chi connectivity index (χ2v) is 5.45. The zero-order chi connectivity index (χ0) is 15.1. The number of nitrogens with zero attached hydrogens (tertiary/aromatic N) is 5. The summed E-state index contributed by atoms with van der Waals surface area (Å²) < 4.78 is 27.9. The topological polar surface area (TPSA) is 56.0 Å². The molecule has 0 radical (unpaired) electrons.